The molecule has 108 valence electrons. The Hall–Kier alpha value is -1.51. The zero-order valence-corrected chi connectivity index (χ0v) is 11.0. The molecule has 0 saturated heterocycles. The van der Waals surface area contributed by atoms with Gasteiger partial charge in [0.25, 0.3) is 6.43 Å². The Morgan fingerprint density at radius 3 is 2.35 bits per heavy atom. The van der Waals surface area contributed by atoms with Crippen LogP contribution in [0, 0.1) is 5.82 Å². The van der Waals surface area contributed by atoms with Crippen LogP contribution in [0.4, 0.5) is 26.3 Å². The van der Waals surface area contributed by atoms with Gasteiger partial charge in [0.2, 0.25) is 0 Å². The maximum absolute atomic E-state index is 13.6. The molecule has 0 atom stereocenters. The summed E-state index contributed by atoms with van der Waals surface area (Å²) in [5.41, 5.74) is -2.69. The summed E-state index contributed by atoms with van der Waals surface area (Å²) in [4.78, 5) is 5.24. The van der Waals surface area contributed by atoms with Gasteiger partial charge in [0.15, 0.2) is 5.69 Å². The molecule has 0 saturated carbocycles. The smallest absolute Gasteiger partial charge is 0.333 e. The number of halogens is 7. The largest absolute Gasteiger partial charge is 0.433 e. The summed E-state index contributed by atoms with van der Waals surface area (Å²) in [6, 6.07) is 2.83. The van der Waals surface area contributed by atoms with Gasteiger partial charge >= 0.3 is 6.18 Å². The SMILES string of the molecule is Fc1cccc(C(F)F)c1-c1nc(Br)c(C(F)(F)F)[nH]1. The lowest BCUT2D eigenvalue weighted by Crippen LogP contribution is -2.06. The second-order valence-corrected chi connectivity index (χ2v) is 4.50. The van der Waals surface area contributed by atoms with Gasteiger partial charge in [-0.25, -0.2) is 18.2 Å². The van der Waals surface area contributed by atoms with E-state index < -0.39 is 45.7 Å². The van der Waals surface area contributed by atoms with Crippen molar-refractivity contribution in [2.75, 3.05) is 0 Å². The predicted octanol–water partition coefficient (Wildman–Crippen LogP) is 4.93. The fourth-order valence-corrected chi connectivity index (χ4v) is 2.13. The molecule has 0 amide bonds. The van der Waals surface area contributed by atoms with Gasteiger partial charge in [-0.15, -0.1) is 0 Å². The molecule has 1 aromatic carbocycles. The number of rotatable bonds is 2. The maximum Gasteiger partial charge on any atom is 0.433 e. The van der Waals surface area contributed by atoms with Crippen LogP contribution >= 0.6 is 15.9 Å². The van der Waals surface area contributed by atoms with Gasteiger partial charge in [-0.1, -0.05) is 12.1 Å². The van der Waals surface area contributed by atoms with Crippen molar-refractivity contribution in [1.29, 1.82) is 0 Å². The van der Waals surface area contributed by atoms with Crippen molar-refractivity contribution in [2.45, 2.75) is 12.6 Å². The highest BCUT2D eigenvalue weighted by molar-refractivity contribution is 9.10. The fourth-order valence-electron chi connectivity index (χ4n) is 1.63. The molecular weight excluding hydrogens is 354 g/mol. The van der Waals surface area contributed by atoms with E-state index in [0.29, 0.717) is 0 Å². The van der Waals surface area contributed by atoms with Gasteiger partial charge < -0.3 is 4.98 Å². The number of aromatic amines is 1. The minimum absolute atomic E-state index is 0.613. The number of alkyl halides is 5. The van der Waals surface area contributed by atoms with Gasteiger partial charge in [-0.3, -0.25) is 0 Å². The lowest BCUT2D eigenvalue weighted by molar-refractivity contribution is -0.141. The highest BCUT2D eigenvalue weighted by atomic mass is 79.9. The Labute approximate surface area is 117 Å². The first kappa shape index (κ1) is 14.9. The fraction of sp³-hybridized carbons (Fsp3) is 0.182. The average Bonchev–Trinajstić information content (AvgIpc) is 2.70. The first-order chi connectivity index (χ1) is 9.21. The maximum atomic E-state index is 13.6. The van der Waals surface area contributed by atoms with Crippen LogP contribution in [0.15, 0.2) is 22.8 Å². The molecule has 2 aromatic rings. The Morgan fingerprint density at radius 2 is 1.85 bits per heavy atom. The van der Waals surface area contributed by atoms with E-state index >= 15 is 0 Å². The summed E-state index contributed by atoms with van der Waals surface area (Å²) in [5, 5.41) is 0. The van der Waals surface area contributed by atoms with Crippen LogP contribution in [0.3, 0.4) is 0 Å². The molecular formula is C11H5BrF6N2. The number of imidazole rings is 1. The van der Waals surface area contributed by atoms with Crippen molar-refractivity contribution in [1.82, 2.24) is 9.97 Å². The molecule has 0 bridgehead atoms. The van der Waals surface area contributed by atoms with E-state index in [1.54, 1.807) is 0 Å². The van der Waals surface area contributed by atoms with Crippen molar-refractivity contribution < 1.29 is 26.3 Å². The van der Waals surface area contributed by atoms with Crippen LogP contribution in [0.1, 0.15) is 17.7 Å². The quantitative estimate of drug-likeness (QED) is 0.757. The molecule has 1 heterocycles. The number of aromatic nitrogens is 2. The van der Waals surface area contributed by atoms with Crippen LogP contribution in [0.5, 0.6) is 0 Å². The highest BCUT2D eigenvalue weighted by Gasteiger charge is 2.37. The molecule has 0 aliphatic heterocycles. The molecule has 0 fully saturated rings. The third-order valence-corrected chi connectivity index (χ3v) is 3.03. The highest BCUT2D eigenvalue weighted by Crippen LogP contribution is 2.37. The van der Waals surface area contributed by atoms with Crippen LogP contribution in [0.25, 0.3) is 11.4 Å². The van der Waals surface area contributed by atoms with Gasteiger partial charge in [-0.2, -0.15) is 13.2 Å². The van der Waals surface area contributed by atoms with E-state index in [9.17, 15) is 26.3 Å². The lowest BCUT2D eigenvalue weighted by Gasteiger charge is -2.07. The third kappa shape index (κ3) is 2.67. The van der Waals surface area contributed by atoms with Crippen molar-refractivity contribution in [2.24, 2.45) is 0 Å². The number of H-pyrrole nitrogens is 1. The molecule has 2 nitrogen and oxygen atoms in total. The van der Waals surface area contributed by atoms with Gasteiger partial charge in [0, 0.05) is 5.56 Å². The molecule has 20 heavy (non-hydrogen) atoms. The number of hydrogen-bond donors (Lipinski definition) is 1. The van der Waals surface area contributed by atoms with E-state index in [1.165, 1.54) is 0 Å². The summed E-state index contributed by atoms with van der Waals surface area (Å²) in [6.45, 7) is 0. The van der Waals surface area contributed by atoms with E-state index in [4.69, 9.17) is 0 Å². The van der Waals surface area contributed by atoms with E-state index in [2.05, 4.69) is 20.9 Å². The van der Waals surface area contributed by atoms with Crippen molar-refractivity contribution in [3.63, 3.8) is 0 Å². The third-order valence-electron chi connectivity index (χ3n) is 2.46. The predicted molar refractivity (Wildman–Crippen MR) is 61.6 cm³/mol. The second-order valence-electron chi connectivity index (χ2n) is 3.75. The summed E-state index contributed by atoms with van der Waals surface area (Å²) in [5.74, 6) is -1.70. The van der Waals surface area contributed by atoms with Crippen LogP contribution in [-0.4, -0.2) is 9.97 Å². The van der Waals surface area contributed by atoms with Crippen LogP contribution in [0.2, 0.25) is 0 Å². The number of hydrogen-bond acceptors (Lipinski definition) is 1. The molecule has 1 aromatic heterocycles. The molecule has 0 aliphatic carbocycles. The first-order valence-corrected chi connectivity index (χ1v) is 5.90. The van der Waals surface area contributed by atoms with E-state index in [-0.39, 0.29) is 0 Å². The zero-order valence-electron chi connectivity index (χ0n) is 9.40. The molecule has 0 aliphatic rings. The Morgan fingerprint density at radius 1 is 1.20 bits per heavy atom. The topological polar surface area (TPSA) is 28.7 Å². The minimum atomic E-state index is -4.76. The molecule has 9 heteroatoms. The van der Waals surface area contributed by atoms with Crippen molar-refractivity contribution in [3.8, 4) is 11.4 Å². The molecule has 0 unspecified atom stereocenters. The summed E-state index contributed by atoms with van der Waals surface area (Å²) in [7, 11) is 0. The Bertz CT molecular complexity index is 634. The van der Waals surface area contributed by atoms with E-state index in [0.717, 1.165) is 18.2 Å². The molecule has 2 rings (SSSR count). The number of benzene rings is 1. The molecule has 0 radical (unpaired) electrons. The van der Waals surface area contributed by atoms with Gasteiger partial charge in [-0.05, 0) is 22.0 Å². The Kier molecular flexibility index (Phi) is 3.81. The van der Waals surface area contributed by atoms with Crippen molar-refractivity contribution in [3.05, 3.63) is 39.9 Å². The van der Waals surface area contributed by atoms with Crippen LogP contribution in [-0.2, 0) is 6.18 Å². The summed E-state index contributed by atoms with van der Waals surface area (Å²) >= 11 is 2.56. The van der Waals surface area contributed by atoms with E-state index in [1.807, 2.05) is 4.98 Å². The zero-order chi connectivity index (χ0) is 15.1. The first-order valence-electron chi connectivity index (χ1n) is 5.11. The minimum Gasteiger partial charge on any atom is -0.333 e. The lowest BCUT2D eigenvalue weighted by atomic mass is 10.1. The summed E-state index contributed by atoms with van der Waals surface area (Å²) < 4.78 is 76.4. The van der Waals surface area contributed by atoms with Gasteiger partial charge in [0.1, 0.15) is 16.2 Å². The average molecular weight is 359 g/mol. The number of nitrogens with one attached hydrogen (secondary N) is 1. The normalized spacial score (nSPS) is 12.2. The number of nitrogens with zero attached hydrogens (tertiary/aromatic N) is 1. The molecule has 1 N–H and O–H groups in total. The standard InChI is InChI=1S/C11H5BrF6N2/c12-8-7(11(16,17)18)19-10(20-8)6-4(9(14)15)2-1-3-5(6)13/h1-3,9H,(H,19,20). The monoisotopic (exact) mass is 358 g/mol. The van der Waals surface area contributed by atoms with Crippen molar-refractivity contribution >= 4 is 15.9 Å². The molecule has 0 spiro atoms. The van der Waals surface area contributed by atoms with Crippen LogP contribution < -0.4 is 0 Å². The second kappa shape index (κ2) is 5.12. The Balaban J connectivity index is 2.64. The van der Waals surface area contributed by atoms with Gasteiger partial charge in [0.05, 0.1) is 5.56 Å². The summed E-state index contributed by atoms with van der Waals surface area (Å²) in [6.07, 6.45) is -7.81.